The van der Waals surface area contributed by atoms with Crippen molar-refractivity contribution in [3.63, 3.8) is 0 Å². The predicted molar refractivity (Wildman–Crippen MR) is 74.9 cm³/mol. The number of ether oxygens (including phenoxy) is 1. The first-order valence-corrected chi connectivity index (χ1v) is 6.48. The minimum absolute atomic E-state index is 0.146. The molecule has 2 aromatic heterocycles. The van der Waals surface area contributed by atoms with Crippen molar-refractivity contribution in [3.05, 3.63) is 32.7 Å². The Bertz CT molecular complexity index is 819. The molecule has 2 heterocycles. The number of carbonyl (C=O) groups is 1. The average molecular weight is 288 g/mol. The molecule has 21 heavy (non-hydrogen) atoms. The van der Waals surface area contributed by atoms with Crippen molar-refractivity contribution < 1.29 is 9.53 Å². The van der Waals surface area contributed by atoms with Crippen molar-refractivity contribution in [3.8, 4) is 0 Å². The first kappa shape index (κ1) is 14.6. The minimum atomic E-state index is -0.783. The Morgan fingerprint density at radius 3 is 2.76 bits per heavy atom. The SMILES string of the molecule is CCOC(=O)c1nn(CC)c2nc(C)c([N+]#N)cc2c1=O. The highest BCUT2D eigenvalue weighted by Gasteiger charge is 2.22. The second-order valence-corrected chi connectivity index (χ2v) is 4.28. The Balaban J connectivity index is 2.85. The summed E-state index contributed by atoms with van der Waals surface area (Å²) in [5.74, 6) is -0.783. The van der Waals surface area contributed by atoms with Crippen LogP contribution in [0.2, 0.25) is 0 Å². The molecule has 0 aliphatic heterocycles. The van der Waals surface area contributed by atoms with Gasteiger partial charge in [0.1, 0.15) is 5.69 Å². The van der Waals surface area contributed by atoms with Gasteiger partial charge in [0.05, 0.1) is 18.1 Å². The van der Waals surface area contributed by atoms with Gasteiger partial charge in [-0.25, -0.2) is 14.5 Å². The highest BCUT2D eigenvalue weighted by Crippen LogP contribution is 2.20. The number of pyridine rings is 1. The van der Waals surface area contributed by atoms with Crippen LogP contribution in [0.1, 0.15) is 30.0 Å². The van der Waals surface area contributed by atoms with E-state index in [1.54, 1.807) is 13.8 Å². The van der Waals surface area contributed by atoms with Crippen LogP contribution < -0.4 is 5.43 Å². The number of hydrogen-bond acceptors (Lipinski definition) is 6. The third kappa shape index (κ3) is 2.45. The maximum atomic E-state index is 12.4. The Hall–Kier alpha value is -2.82. The lowest BCUT2D eigenvalue weighted by Gasteiger charge is -2.08. The molecule has 0 amide bonds. The summed E-state index contributed by atoms with van der Waals surface area (Å²) in [6, 6.07) is 1.39. The Labute approximate surface area is 120 Å². The van der Waals surface area contributed by atoms with E-state index in [0.29, 0.717) is 17.9 Å². The van der Waals surface area contributed by atoms with E-state index in [-0.39, 0.29) is 23.4 Å². The third-order valence-electron chi connectivity index (χ3n) is 2.97. The van der Waals surface area contributed by atoms with Gasteiger partial charge in [-0.05, 0) is 20.8 Å². The number of esters is 1. The van der Waals surface area contributed by atoms with E-state index in [9.17, 15) is 9.59 Å². The van der Waals surface area contributed by atoms with Crippen LogP contribution in [0.3, 0.4) is 0 Å². The van der Waals surface area contributed by atoms with Crippen molar-refractivity contribution in [2.75, 3.05) is 6.61 Å². The molecule has 108 valence electrons. The number of aromatic nitrogens is 3. The smallest absolute Gasteiger partial charge is 0.406 e. The van der Waals surface area contributed by atoms with Gasteiger partial charge in [0.2, 0.25) is 16.5 Å². The van der Waals surface area contributed by atoms with Crippen LogP contribution in [-0.2, 0) is 11.3 Å². The Kier molecular flexibility index (Phi) is 3.93. The van der Waals surface area contributed by atoms with Gasteiger partial charge in [-0.3, -0.25) is 4.79 Å². The molecule has 0 radical (unpaired) electrons. The van der Waals surface area contributed by atoms with Crippen LogP contribution in [0.4, 0.5) is 5.69 Å². The van der Waals surface area contributed by atoms with Crippen molar-refractivity contribution in [1.29, 1.82) is 5.39 Å². The summed E-state index contributed by atoms with van der Waals surface area (Å²) < 4.78 is 6.27. The summed E-state index contributed by atoms with van der Waals surface area (Å²) in [6.07, 6.45) is 0. The van der Waals surface area contributed by atoms with Crippen molar-refractivity contribution in [2.24, 2.45) is 0 Å². The van der Waals surface area contributed by atoms with E-state index < -0.39 is 11.4 Å². The van der Waals surface area contributed by atoms with Crippen LogP contribution in [0.5, 0.6) is 0 Å². The summed E-state index contributed by atoms with van der Waals surface area (Å²) in [5.41, 5.74) is 0.0623. The van der Waals surface area contributed by atoms with Gasteiger partial charge < -0.3 is 4.74 Å². The van der Waals surface area contributed by atoms with E-state index >= 15 is 0 Å². The zero-order valence-electron chi connectivity index (χ0n) is 12.0. The third-order valence-corrected chi connectivity index (χ3v) is 2.97. The monoisotopic (exact) mass is 288 g/mol. The molecule has 0 aliphatic rings. The van der Waals surface area contributed by atoms with Crippen LogP contribution in [0.25, 0.3) is 16.0 Å². The lowest BCUT2D eigenvalue weighted by molar-refractivity contribution is 0.0515. The second kappa shape index (κ2) is 5.66. The second-order valence-electron chi connectivity index (χ2n) is 4.28. The number of rotatable bonds is 3. The molecule has 2 rings (SSSR count). The number of hydrogen-bond donors (Lipinski definition) is 0. The van der Waals surface area contributed by atoms with Gasteiger partial charge >= 0.3 is 11.7 Å². The zero-order valence-corrected chi connectivity index (χ0v) is 12.0. The van der Waals surface area contributed by atoms with Crippen LogP contribution in [0, 0.1) is 12.3 Å². The van der Waals surface area contributed by atoms with Crippen molar-refractivity contribution in [2.45, 2.75) is 27.3 Å². The predicted octanol–water partition coefficient (Wildman–Crippen LogP) is 1.78. The van der Waals surface area contributed by atoms with Crippen LogP contribution >= 0.6 is 0 Å². The Morgan fingerprint density at radius 1 is 1.48 bits per heavy atom. The molecule has 0 unspecified atom stereocenters. The summed E-state index contributed by atoms with van der Waals surface area (Å²) in [7, 11) is 0. The summed E-state index contributed by atoms with van der Waals surface area (Å²) >= 11 is 0. The molecule has 8 nitrogen and oxygen atoms in total. The molecule has 0 spiro atoms. The van der Waals surface area contributed by atoms with Crippen molar-refractivity contribution in [1.82, 2.24) is 14.8 Å². The molecular formula is C13H14N5O3+. The fraction of sp³-hybridized carbons (Fsp3) is 0.385. The van der Waals surface area contributed by atoms with Crippen LogP contribution in [-0.4, -0.2) is 27.3 Å². The fourth-order valence-electron chi connectivity index (χ4n) is 1.94. The van der Waals surface area contributed by atoms with Gasteiger partial charge in [0.15, 0.2) is 10.6 Å². The number of carbonyl (C=O) groups excluding carboxylic acids is 1. The average Bonchev–Trinajstić information content (AvgIpc) is 2.47. The van der Waals surface area contributed by atoms with Gasteiger partial charge in [-0.1, -0.05) is 0 Å². The maximum Gasteiger partial charge on any atom is 0.406 e. The first-order chi connectivity index (χ1) is 10.0. The molecule has 0 aliphatic carbocycles. The van der Waals surface area contributed by atoms with E-state index in [0.717, 1.165) is 0 Å². The molecule has 0 aromatic carbocycles. The highest BCUT2D eigenvalue weighted by molar-refractivity contribution is 5.91. The summed E-state index contributed by atoms with van der Waals surface area (Å²) in [6.45, 7) is 5.68. The van der Waals surface area contributed by atoms with Gasteiger partial charge in [-0.15, -0.1) is 0 Å². The molecule has 0 N–H and O–H groups in total. The molecule has 2 aromatic rings. The minimum Gasteiger partial charge on any atom is -0.461 e. The molecule has 8 heteroatoms. The summed E-state index contributed by atoms with van der Waals surface area (Å²) in [4.78, 5) is 31.5. The molecule has 0 bridgehead atoms. The maximum absolute atomic E-state index is 12.4. The number of nitrogens with zero attached hydrogens (tertiary/aromatic N) is 5. The largest absolute Gasteiger partial charge is 0.461 e. The molecule has 0 atom stereocenters. The number of fused-ring (bicyclic) bond motifs is 1. The fourth-order valence-corrected chi connectivity index (χ4v) is 1.94. The molecular weight excluding hydrogens is 274 g/mol. The lowest BCUT2D eigenvalue weighted by Crippen LogP contribution is -2.25. The zero-order chi connectivity index (χ0) is 15.6. The first-order valence-electron chi connectivity index (χ1n) is 6.48. The quantitative estimate of drug-likeness (QED) is 0.630. The molecule has 0 fully saturated rings. The topological polar surface area (TPSA) is 102 Å². The normalized spacial score (nSPS) is 10.4. The standard InChI is InChI=1S/C13H14N5O3/c1-4-18-12-8(6-9(16-14)7(3)15-12)11(19)10(17-18)13(20)21-5-2/h6H,4-5H2,1-3H3/q+1. The lowest BCUT2D eigenvalue weighted by atomic mass is 10.2. The number of aryl methyl sites for hydroxylation is 2. The van der Waals surface area contributed by atoms with Gasteiger partial charge in [-0.2, -0.15) is 5.10 Å². The van der Waals surface area contributed by atoms with Crippen molar-refractivity contribution >= 4 is 22.7 Å². The van der Waals surface area contributed by atoms with E-state index in [2.05, 4.69) is 15.1 Å². The molecule has 0 saturated carbocycles. The van der Waals surface area contributed by atoms with Gasteiger partial charge in [0.25, 0.3) is 0 Å². The molecule has 0 saturated heterocycles. The van der Waals surface area contributed by atoms with E-state index in [1.165, 1.54) is 10.7 Å². The van der Waals surface area contributed by atoms with E-state index in [4.69, 9.17) is 10.1 Å². The number of diazo groups is 1. The summed E-state index contributed by atoms with van der Waals surface area (Å²) in [5, 5.41) is 13.1. The van der Waals surface area contributed by atoms with E-state index in [1.807, 2.05) is 6.92 Å². The van der Waals surface area contributed by atoms with Gasteiger partial charge in [0, 0.05) is 6.54 Å². The van der Waals surface area contributed by atoms with Crippen LogP contribution in [0.15, 0.2) is 10.9 Å². The Morgan fingerprint density at radius 2 is 2.19 bits per heavy atom. The highest BCUT2D eigenvalue weighted by atomic mass is 16.5.